The number of aryl methyl sites for hydroxylation is 2. The first-order valence-electron chi connectivity index (χ1n) is 29.2. The first kappa shape index (κ1) is 65.0. The quantitative estimate of drug-likeness (QED) is 0.0275. The van der Waals surface area contributed by atoms with Gasteiger partial charge >= 0.3 is 16.5 Å². The fourth-order valence-electron chi connectivity index (χ4n) is 9.41. The molecule has 1 aliphatic heterocycles. The Bertz CT molecular complexity index is 1440. The summed E-state index contributed by atoms with van der Waals surface area (Å²) in [5.74, 6) is 0. The fourth-order valence-corrected chi connectivity index (χ4v) is 9.41. The van der Waals surface area contributed by atoms with Crippen LogP contribution in [0.25, 0.3) is 16.9 Å². The van der Waals surface area contributed by atoms with Crippen LogP contribution in [0.4, 0.5) is 0 Å². The molecule has 0 fully saturated rings. The van der Waals surface area contributed by atoms with Crippen LogP contribution in [0.2, 0.25) is 0 Å². The Kier molecular flexibility index (Phi) is 46.3. The molecule has 0 saturated carbocycles. The molecule has 67 heavy (non-hydrogen) atoms. The maximum absolute atomic E-state index is 11.9. The molecule has 1 heterocycles. The summed E-state index contributed by atoms with van der Waals surface area (Å²) in [5, 5.41) is 0. The summed E-state index contributed by atoms with van der Waals surface area (Å²) < 4.78 is 1.56. The zero-order chi connectivity index (χ0) is 48.1. The largest absolute Gasteiger partial charge is 2.00 e. The molecule has 386 valence electrons. The van der Waals surface area contributed by atoms with Gasteiger partial charge in [-0.05, 0) is 86.8 Å². The summed E-state index contributed by atoms with van der Waals surface area (Å²) in [4.78, 5) is 0. The van der Waals surface area contributed by atoms with Crippen molar-refractivity contribution >= 4 is 11.4 Å². The Hall–Kier alpha value is -1.99. The van der Waals surface area contributed by atoms with E-state index in [-0.39, 0.29) is 16.5 Å². The van der Waals surface area contributed by atoms with Crippen LogP contribution >= 0.6 is 0 Å². The Morgan fingerprint density at radius 1 is 0.343 bits per heavy atom. The second-order valence-electron chi connectivity index (χ2n) is 20.0. The second kappa shape index (κ2) is 47.7. The van der Waals surface area contributed by atoms with E-state index in [1.807, 2.05) is 0 Å². The number of hydrogen-bond donors (Lipinski definition) is 0. The zero-order valence-electron chi connectivity index (χ0n) is 45.5. The maximum Gasteiger partial charge on any atom is 2.00 e. The number of nitrogens with zero attached hydrogens (tertiary/aromatic N) is 2. The zero-order valence-corrected chi connectivity index (χ0v) is 46.5. The first-order chi connectivity index (χ1) is 32.5. The van der Waals surface area contributed by atoms with Crippen LogP contribution in [-0.2, 0) is 29.3 Å². The van der Waals surface area contributed by atoms with Crippen LogP contribution in [0.15, 0.2) is 59.7 Å². The minimum Gasteiger partial charge on any atom is -0.493 e. The molecule has 0 N–H and O–H groups in total. The van der Waals surface area contributed by atoms with Crippen LogP contribution in [0.3, 0.4) is 0 Å². The smallest absolute Gasteiger partial charge is 0.493 e. The van der Waals surface area contributed by atoms with E-state index in [0.29, 0.717) is 0 Å². The molecule has 0 amide bonds. The molecular weight excluding hydrogens is 855 g/mol. The molecule has 2 nitrogen and oxygen atoms in total. The second-order valence-corrected chi connectivity index (χ2v) is 20.0. The Labute approximate surface area is 430 Å². The Morgan fingerprint density at radius 2 is 0.612 bits per heavy atom. The number of benzene rings is 2. The molecule has 0 spiro atoms. The number of hydrogen-bond acceptors (Lipinski definition) is 0. The van der Waals surface area contributed by atoms with E-state index in [4.69, 9.17) is 0 Å². The molecule has 0 aromatic heterocycles. The average Bonchev–Trinajstić information content (AvgIpc) is 3.62. The normalized spacial score (nSPS) is 12.3. The van der Waals surface area contributed by atoms with Crippen LogP contribution in [-0.4, -0.2) is 4.70 Å². The van der Waals surface area contributed by atoms with Gasteiger partial charge in [-0.3, -0.25) is 0 Å². The van der Waals surface area contributed by atoms with Gasteiger partial charge in [-0.1, -0.05) is 258 Å². The van der Waals surface area contributed by atoms with Gasteiger partial charge in [-0.2, -0.15) is 12.8 Å². The van der Waals surface area contributed by atoms with Gasteiger partial charge < -0.3 is 19.4 Å². The van der Waals surface area contributed by atoms with Crippen molar-refractivity contribution in [3.8, 4) is 0 Å². The molecule has 0 saturated heterocycles. The van der Waals surface area contributed by atoms with Gasteiger partial charge in [0.2, 0.25) is 11.4 Å². The van der Waals surface area contributed by atoms with Gasteiger partial charge in [0.1, 0.15) is 0 Å². The molecular formula is C64H110N2Ni. The van der Waals surface area contributed by atoms with E-state index in [1.54, 1.807) is 4.70 Å². The average molecular weight is 966 g/mol. The summed E-state index contributed by atoms with van der Waals surface area (Å²) in [6.45, 7) is 21.3. The number of unbranched alkanes of at least 4 members (excludes halogenated alkanes) is 30. The molecule has 3 heteroatoms. The van der Waals surface area contributed by atoms with Crippen LogP contribution in [0.5, 0.6) is 0 Å². The van der Waals surface area contributed by atoms with Crippen molar-refractivity contribution in [1.29, 1.82) is 0 Å². The van der Waals surface area contributed by atoms with Crippen molar-refractivity contribution < 1.29 is 21.2 Å². The number of allylic oxidation sites excluding steroid dienone is 2. The van der Waals surface area contributed by atoms with Crippen molar-refractivity contribution in [2.45, 2.75) is 298 Å². The SMILES string of the molecule is CCCCCCCCC1=C(c2cccc(CCCC)c2)[N+](=[N-])C(c2cccc(CCCC)c2)=C1CCCC.[CH2-]CCCCCCCCCCCCC.[CH2-]CCCCCCCCCCCCC.[Ni+2]. The van der Waals surface area contributed by atoms with E-state index in [9.17, 15) is 5.53 Å². The molecule has 3 rings (SSSR count). The van der Waals surface area contributed by atoms with E-state index in [0.717, 1.165) is 73.9 Å². The minimum absolute atomic E-state index is 0. The summed E-state index contributed by atoms with van der Waals surface area (Å²) in [7, 11) is 0. The third-order valence-electron chi connectivity index (χ3n) is 13.7. The van der Waals surface area contributed by atoms with E-state index in [1.165, 1.54) is 228 Å². The van der Waals surface area contributed by atoms with Gasteiger partial charge in [0.15, 0.2) is 0 Å². The van der Waals surface area contributed by atoms with Crippen LogP contribution in [0.1, 0.15) is 308 Å². The molecule has 0 bridgehead atoms. The van der Waals surface area contributed by atoms with Crippen LogP contribution < -0.4 is 0 Å². The standard InChI is InChI=1S/C36H52N2.2C14H29.Ni/c1-5-9-13-14-15-16-26-34-33(25-12-8-4)35(31-23-17-21-29(27-31)19-10-6-2)38(37)36(34)32-24-18-22-30(28-32)20-11-7-3;2*1-3-5-7-9-11-13-14-12-10-8-6-4-2;/h17-18,21-24,27-28H,5-16,19-20,25-26H2,1-4H3;2*1,3-14H2,2H3;/q;2*-1;+2. The summed E-state index contributed by atoms with van der Waals surface area (Å²) in [5.41, 5.74) is 21.8. The number of rotatable bonds is 40. The molecule has 0 radical (unpaired) electrons. The monoisotopic (exact) mass is 965 g/mol. The van der Waals surface area contributed by atoms with Crippen LogP contribution in [0, 0.1) is 13.8 Å². The predicted molar refractivity (Wildman–Crippen MR) is 298 cm³/mol. The Morgan fingerprint density at radius 3 is 0.925 bits per heavy atom. The summed E-state index contributed by atoms with van der Waals surface area (Å²) in [6, 6.07) is 17.9. The van der Waals surface area contributed by atoms with E-state index < -0.39 is 0 Å². The van der Waals surface area contributed by atoms with Gasteiger partial charge in [0.05, 0.1) is 0 Å². The van der Waals surface area contributed by atoms with Crippen molar-refractivity contribution in [2.75, 3.05) is 0 Å². The minimum atomic E-state index is 0. The molecule has 1 aliphatic rings. The summed E-state index contributed by atoms with van der Waals surface area (Å²) >= 11 is 0. The molecule has 0 unspecified atom stereocenters. The molecule has 2 aromatic carbocycles. The fraction of sp³-hybridized carbons (Fsp3) is 0.719. The van der Waals surface area contributed by atoms with E-state index >= 15 is 0 Å². The van der Waals surface area contributed by atoms with Crippen molar-refractivity contribution in [3.63, 3.8) is 0 Å². The van der Waals surface area contributed by atoms with Gasteiger partial charge in [-0.15, -0.1) is 0 Å². The van der Waals surface area contributed by atoms with Crippen molar-refractivity contribution in [3.05, 3.63) is 101 Å². The van der Waals surface area contributed by atoms with Crippen molar-refractivity contribution in [1.82, 2.24) is 0 Å². The molecule has 0 aliphatic carbocycles. The maximum atomic E-state index is 11.9. The Balaban J connectivity index is 0.00000123. The first-order valence-corrected chi connectivity index (χ1v) is 29.2. The third kappa shape index (κ3) is 31.8. The molecule has 0 atom stereocenters. The van der Waals surface area contributed by atoms with Crippen molar-refractivity contribution in [2.24, 2.45) is 0 Å². The summed E-state index contributed by atoms with van der Waals surface area (Å²) in [6.07, 6.45) is 52.8. The third-order valence-corrected chi connectivity index (χ3v) is 13.7. The topological polar surface area (TPSA) is 25.3 Å². The van der Waals surface area contributed by atoms with E-state index in [2.05, 4.69) is 104 Å². The van der Waals surface area contributed by atoms with Gasteiger partial charge in [-0.25, -0.2) is 4.70 Å². The molecule has 2 aromatic rings. The van der Waals surface area contributed by atoms with Gasteiger partial charge in [0.25, 0.3) is 0 Å². The van der Waals surface area contributed by atoms with Gasteiger partial charge in [0, 0.05) is 22.3 Å². The predicted octanol–water partition coefficient (Wildman–Crippen LogP) is 22.5.